The summed E-state index contributed by atoms with van der Waals surface area (Å²) in [7, 11) is 0. The zero-order valence-electron chi connectivity index (χ0n) is 34.2. The van der Waals surface area contributed by atoms with E-state index in [-0.39, 0.29) is 47.9 Å². The number of hydrogen-bond acceptors (Lipinski definition) is 13. The van der Waals surface area contributed by atoms with Gasteiger partial charge in [0.05, 0.1) is 65.3 Å². The number of pyridine rings is 2. The molecule has 61 heavy (non-hydrogen) atoms. The summed E-state index contributed by atoms with van der Waals surface area (Å²) in [5, 5.41) is 15.5. The molecular formula is C43H46N8O8S2. The van der Waals surface area contributed by atoms with Crippen molar-refractivity contribution < 1.29 is 28.5 Å². The molecule has 0 bridgehead atoms. The average Bonchev–Trinajstić information content (AvgIpc) is 4.06. The molecule has 0 atom stereocenters. The molecule has 18 heteroatoms. The number of esters is 2. The zero-order chi connectivity index (χ0) is 43.6. The molecule has 7 rings (SSSR count). The van der Waals surface area contributed by atoms with Gasteiger partial charge in [-0.1, -0.05) is 85.5 Å². The van der Waals surface area contributed by atoms with Gasteiger partial charge in [-0.05, 0) is 67.2 Å². The smallest absolute Gasteiger partial charge is 0.343 e. The van der Waals surface area contributed by atoms with E-state index in [1.54, 1.807) is 47.5 Å². The van der Waals surface area contributed by atoms with Gasteiger partial charge in [0, 0.05) is 10.6 Å². The second-order valence-corrected chi connectivity index (χ2v) is 14.7. The standard InChI is InChI=1S/C23H24N4O4S.C14H17NO4S.C6H5N3/c1-3-5-12-31-20-19(23(29)30-4-2)21-18(11-13-32-21)26(22(20)28)14-16-15-27(25-24-16)17-9-7-6-8-10-17;1-3-5-7-19-11-10(14(17)18-4-2)12-9(6-8-20-12)15-13(11)16;7-9-8-6-4-2-1-3-5-6/h6-11,13,15H,3-5,12,14H2,1-2H3;6,8H,3-5,7H2,1-2H3,(H,15,16);1-5H. The van der Waals surface area contributed by atoms with Crippen LogP contribution in [0.1, 0.15) is 79.8 Å². The predicted molar refractivity (Wildman–Crippen MR) is 237 cm³/mol. The number of unbranched alkanes of at least 4 members (excludes halogenated alkanes) is 2. The van der Waals surface area contributed by atoms with Crippen LogP contribution in [0.25, 0.3) is 36.6 Å². The Bertz CT molecular complexity index is 2680. The van der Waals surface area contributed by atoms with E-state index < -0.39 is 17.5 Å². The molecule has 0 amide bonds. The van der Waals surface area contributed by atoms with E-state index in [1.807, 2.05) is 79.2 Å². The molecule has 0 aliphatic heterocycles. The number of rotatable bonds is 16. The molecule has 0 fully saturated rings. The molecule has 7 aromatic rings. The first-order chi connectivity index (χ1) is 29.8. The first-order valence-corrected chi connectivity index (χ1v) is 21.5. The number of ether oxygens (including phenoxy) is 4. The summed E-state index contributed by atoms with van der Waals surface area (Å²) in [6.45, 7) is 8.95. The zero-order valence-corrected chi connectivity index (χ0v) is 35.9. The number of H-pyrrole nitrogens is 1. The van der Waals surface area contributed by atoms with Crippen molar-refractivity contribution in [3.63, 3.8) is 0 Å². The van der Waals surface area contributed by atoms with Crippen molar-refractivity contribution in [2.24, 2.45) is 5.11 Å². The average molecular weight is 867 g/mol. The fourth-order valence-electron chi connectivity index (χ4n) is 5.77. The van der Waals surface area contributed by atoms with Crippen LogP contribution in [-0.2, 0) is 16.0 Å². The third kappa shape index (κ3) is 11.7. The molecule has 5 aromatic heterocycles. The van der Waals surface area contributed by atoms with E-state index in [2.05, 4.69) is 25.3 Å². The number of thiophene rings is 2. The second-order valence-electron chi connectivity index (χ2n) is 12.9. The van der Waals surface area contributed by atoms with Gasteiger partial charge in [-0.2, -0.15) is 0 Å². The van der Waals surface area contributed by atoms with E-state index in [9.17, 15) is 19.2 Å². The molecule has 0 saturated carbocycles. The number of hydrogen-bond donors (Lipinski definition) is 1. The SMILES string of the molecule is CCCCOc1c(C(=O)OCC)c2sccc2[nH]c1=O.CCCCOc1c(C(=O)OCC)c2sccc2n(Cc2cn(-c3ccccc3)nn2)c1=O.[N-]=[N+]=Nc1ccccc1. The summed E-state index contributed by atoms with van der Waals surface area (Å²) in [4.78, 5) is 55.7. The Balaban J connectivity index is 0.000000205. The highest BCUT2D eigenvalue weighted by Crippen LogP contribution is 2.31. The van der Waals surface area contributed by atoms with E-state index in [4.69, 9.17) is 24.5 Å². The summed E-state index contributed by atoms with van der Waals surface area (Å²) in [6, 6.07) is 22.2. The fraction of sp³-hybridized carbons (Fsp3) is 0.302. The Morgan fingerprint density at radius 1 is 0.787 bits per heavy atom. The van der Waals surface area contributed by atoms with Crippen molar-refractivity contribution in [3.8, 4) is 17.2 Å². The first-order valence-electron chi connectivity index (χ1n) is 19.7. The first kappa shape index (κ1) is 45.3. The minimum Gasteiger partial charge on any atom is -0.487 e. The minimum absolute atomic E-state index is 0.0299. The van der Waals surface area contributed by atoms with Gasteiger partial charge in [0.2, 0.25) is 11.5 Å². The lowest BCUT2D eigenvalue weighted by molar-refractivity contribution is 0.0513. The van der Waals surface area contributed by atoms with Crippen LogP contribution >= 0.6 is 22.7 Å². The van der Waals surface area contributed by atoms with Gasteiger partial charge >= 0.3 is 11.9 Å². The number of carbonyl (C=O) groups is 2. The molecular weight excluding hydrogens is 821 g/mol. The van der Waals surface area contributed by atoms with E-state index in [1.165, 1.54) is 22.7 Å². The lowest BCUT2D eigenvalue weighted by Gasteiger charge is -2.15. The Labute approximate surface area is 358 Å². The number of azide groups is 1. The summed E-state index contributed by atoms with van der Waals surface area (Å²) in [5.74, 6) is -0.975. The highest BCUT2D eigenvalue weighted by Gasteiger charge is 2.26. The van der Waals surface area contributed by atoms with Crippen molar-refractivity contribution in [1.29, 1.82) is 0 Å². The maximum atomic E-state index is 13.5. The van der Waals surface area contributed by atoms with Crippen molar-refractivity contribution >= 4 is 60.7 Å². The number of para-hydroxylation sites is 1. The monoisotopic (exact) mass is 866 g/mol. The molecule has 318 valence electrons. The Hall–Kier alpha value is -6.75. The highest BCUT2D eigenvalue weighted by molar-refractivity contribution is 7.17. The molecule has 0 unspecified atom stereocenters. The van der Waals surface area contributed by atoms with Crippen molar-refractivity contribution in [2.75, 3.05) is 26.4 Å². The summed E-state index contributed by atoms with van der Waals surface area (Å²) in [5.41, 5.74) is 11.0. The van der Waals surface area contributed by atoms with Gasteiger partial charge in [0.1, 0.15) is 16.8 Å². The molecule has 0 radical (unpaired) electrons. The summed E-state index contributed by atoms with van der Waals surface area (Å²) in [6.07, 6.45) is 5.25. The number of aromatic nitrogens is 5. The van der Waals surface area contributed by atoms with Crippen molar-refractivity contribution in [2.45, 2.75) is 59.9 Å². The van der Waals surface area contributed by atoms with Crippen LogP contribution in [0.4, 0.5) is 5.69 Å². The van der Waals surface area contributed by atoms with Crippen LogP contribution in [-0.4, -0.2) is 62.9 Å². The molecule has 0 spiro atoms. The fourth-order valence-corrected chi connectivity index (χ4v) is 7.58. The third-order valence-corrected chi connectivity index (χ3v) is 10.5. The van der Waals surface area contributed by atoms with Crippen LogP contribution in [0, 0.1) is 0 Å². The minimum atomic E-state index is -0.550. The Morgan fingerprint density at radius 3 is 2.00 bits per heavy atom. The van der Waals surface area contributed by atoms with E-state index in [0.29, 0.717) is 45.0 Å². The van der Waals surface area contributed by atoms with Gasteiger partial charge in [-0.25, -0.2) is 14.3 Å². The number of nitrogens with zero attached hydrogens (tertiary/aromatic N) is 7. The molecule has 1 N–H and O–H groups in total. The van der Waals surface area contributed by atoms with E-state index >= 15 is 0 Å². The number of nitrogens with one attached hydrogen (secondary N) is 1. The topological polar surface area (TPSA) is 205 Å². The molecule has 2 aromatic carbocycles. The molecule has 5 heterocycles. The highest BCUT2D eigenvalue weighted by atomic mass is 32.1. The van der Waals surface area contributed by atoms with Gasteiger partial charge in [0.25, 0.3) is 11.1 Å². The number of aromatic amines is 1. The number of carbonyl (C=O) groups excluding carboxylic acids is 2. The number of benzene rings is 2. The van der Waals surface area contributed by atoms with Crippen LogP contribution in [0.15, 0.2) is 104 Å². The van der Waals surface area contributed by atoms with E-state index in [0.717, 1.165) is 31.4 Å². The van der Waals surface area contributed by atoms with Crippen LogP contribution in [0.5, 0.6) is 11.5 Å². The van der Waals surface area contributed by atoms with Crippen molar-refractivity contribution in [3.05, 3.63) is 138 Å². The third-order valence-electron chi connectivity index (χ3n) is 8.65. The largest absolute Gasteiger partial charge is 0.487 e. The van der Waals surface area contributed by atoms with Gasteiger partial charge in [-0.15, -0.1) is 27.8 Å². The Morgan fingerprint density at radius 2 is 1.38 bits per heavy atom. The molecule has 0 aliphatic carbocycles. The normalized spacial score (nSPS) is 10.5. The Kier molecular flexibility index (Phi) is 17.2. The lowest BCUT2D eigenvalue weighted by Crippen LogP contribution is -2.26. The van der Waals surface area contributed by atoms with Gasteiger partial charge < -0.3 is 23.9 Å². The second kappa shape index (κ2) is 23.1. The van der Waals surface area contributed by atoms with Gasteiger partial charge in [-0.3, -0.25) is 14.2 Å². The molecule has 0 saturated heterocycles. The number of fused-ring (bicyclic) bond motifs is 2. The van der Waals surface area contributed by atoms with Gasteiger partial charge in [0.15, 0.2) is 0 Å². The quantitative estimate of drug-likeness (QED) is 0.0320. The molecule has 0 aliphatic rings. The summed E-state index contributed by atoms with van der Waals surface area (Å²) >= 11 is 2.75. The predicted octanol–water partition coefficient (Wildman–Crippen LogP) is 9.62. The lowest BCUT2D eigenvalue weighted by atomic mass is 10.2. The van der Waals surface area contributed by atoms with Crippen LogP contribution < -0.4 is 20.6 Å². The van der Waals surface area contributed by atoms with Crippen LogP contribution in [0.2, 0.25) is 0 Å². The van der Waals surface area contributed by atoms with Crippen LogP contribution in [0.3, 0.4) is 0 Å². The van der Waals surface area contributed by atoms with Crippen molar-refractivity contribution in [1.82, 2.24) is 24.5 Å². The summed E-state index contributed by atoms with van der Waals surface area (Å²) < 4.78 is 26.2. The molecule has 16 nitrogen and oxygen atoms in total. The maximum absolute atomic E-state index is 13.5. The maximum Gasteiger partial charge on any atom is 0.343 e.